The van der Waals surface area contributed by atoms with Gasteiger partial charge in [-0.2, -0.15) is 0 Å². The zero-order valence-corrected chi connectivity index (χ0v) is 12.5. The van der Waals surface area contributed by atoms with Gasteiger partial charge >= 0.3 is 0 Å². The number of hydrogen-bond donors (Lipinski definition) is 2. The van der Waals surface area contributed by atoms with E-state index in [9.17, 15) is 0 Å². The summed E-state index contributed by atoms with van der Waals surface area (Å²) in [6, 6.07) is 8.79. The van der Waals surface area contributed by atoms with Crippen molar-refractivity contribution in [1.29, 1.82) is 0 Å². The van der Waals surface area contributed by atoms with Crippen LogP contribution in [0.1, 0.15) is 32.4 Å². The Balaban J connectivity index is 2.52. The van der Waals surface area contributed by atoms with E-state index in [1.807, 2.05) is 6.07 Å². The van der Waals surface area contributed by atoms with Crippen LogP contribution in [0.4, 0.5) is 0 Å². The average Bonchev–Trinajstić information content (AvgIpc) is 2.29. The number of rotatable bonds is 6. The second kappa shape index (κ2) is 7.14. The van der Waals surface area contributed by atoms with Crippen LogP contribution in [0.3, 0.4) is 0 Å². The SMILES string of the molecule is CC(C)C(CN)CN[C@@H](C)c1cccc(Br)c1. The lowest BCUT2D eigenvalue weighted by Gasteiger charge is -2.22. The molecule has 0 spiro atoms. The number of halogens is 1. The standard InChI is InChI=1S/C14H23BrN2/c1-10(2)13(8-16)9-17-11(3)12-5-4-6-14(15)7-12/h4-7,10-11,13,17H,8-9,16H2,1-3H3/t11-,13?/m0/s1. The third-order valence-electron chi connectivity index (χ3n) is 3.28. The number of benzene rings is 1. The molecule has 1 unspecified atom stereocenters. The minimum atomic E-state index is 0.361. The highest BCUT2D eigenvalue weighted by Gasteiger charge is 2.13. The topological polar surface area (TPSA) is 38.0 Å². The van der Waals surface area contributed by atoms with Gasteiger partial charge in [-0.1, -0.05) is 41.9 Å². The quantitative estimate of drug-likeness (QED) is 0.845. The molecule has 3 N–H and O–H groups in total. The highest BCUT2D eigenvalue weighted by Crippen LogP contribution is 2.18. The molecule has 2 atom stereocenters. The normalized spacial score (nSPS) is 14.9. The first-order valence-electron chi connectivity index (χ1n) is 6.23. The van der Waals surface area contributed by atoms with Gasteiger partial charge in [-0.15, -0.1) is 0 Å². The molecule has 0 bridgehead atoms. The first-order valence-corrected chi connectivity index (χ1v) is 7.02. The molecule has 0 amide bonds. The maximum atomic E-state index is 5.78. The van der Waals surface area contributed by atoms with Crippen LogP contribution in [-0.2, 0) is 0 Å². The fourth-order valence-corrected chi connectivity index (χ4v) is 2.23. The van der Waals surface area contributed by atoms with Gasteiger partial charge in [0.1, 0.15) is 0 Å². The van der Waals surface area contributed by atoms with Crippen LogP contribution in [0.5, 0.6) is 0 Å². The maximum Gasteiger partial charge on any atom is 0.0292 e. The summed E-state index contributed by atoms with van der Waals surface area (Å²) in [5, 5.41) is 3.56. The van der Waals surface area contributed by atoms with Crippen molar-refractivity contribution in [3.05, 3.63) is 34.3 Å². The van der Waals surface area contributed by atoms with E-state index in [1.165, 1.54) is 5.56 Å². The number of hydrogen-bond acceptors (Lipinski definition) is 2. The van der Waals surface area contributed by atoms with E-state index in [0.29, 0.717) is 17.9 Å². The Morgan fingerprint density at radius 3 is 2.53 bits per heavy atom. The molecule has 0 aromatic heterocycles. The fourth-order valence-electron chi connectivity index (χ4n) is 1.81. The maximum absolute atomic E-state index is 5.78. The summed E-state index contributed by atoms with van der Waals surface area (Å²) in [5.74, 6) is 1.17. The Bertz CT molecular complexity index is 339. The second-order valence-electron chi connectivity index (χ2n) is 4.92. The largest absolute Gasteiger partial charge is 0.330 e. The van der Waals surface area contributed by atoms with E-state index in [4.69, 9.17) is 5.73 Å². The van der Waals surface area contributed by atoms with Crippen molar-refractivity contribution in [3.8, 4) is 0 Å². The summed E-state index contributed by atoms with van der Waals surface area (Å²) >= 11 is 3.50. The van der Waals surface area contributed by atoms with Crippen LogP contribution in [0.2, 0.25) is 0 Å². The smallest absolute Gasteiger partial charge is 0.0292 e. The molecule has 0 fully saturated rings. The molecule has 2 nitrogen and oxygen atoms in total. The Labute approximate surface area is 113 Å². The molecule has 0 aliphatic rings. The summed E-state index contributed by atoms with van der Waals surface area (Å²) in [6.07, 6.45) is 0. The molecule has 0 heterocycles. The van der Waals surface area contributed by atoms with Crippen molar-refractivity contribution < 1.29 is 0 Å². The number of nitrogens with two attached hydrogens (primary N) is 1. The van der Waals surface area contributed by atoms with Crippen LogP contribution in [-0.4, -0.2) is 13.1 Å². The molecule has 96 valence electrons. The van der Waals surface area contributed by atoms with E-state index in [1.54, 1.807) is 0 Å². The predicted molar refractivity (Wildman–Crippen MR) is 77.9 cm³/mol. The molecule has 0 aliphatic heterocycles. The molecule has 1 aromatic rings. The molecule has 17 heavy (non-hydrogen) atoms. The summed E-state index contributed by atoms with van der Waals surface area (Å²) in [5.41, 5.74) is 7.08. The van der Waals surface area contributed by atoms with Gasteiger partial charge in [0.05, 0.1) is 0 Å². The van der Waals surface area contributed by atoms with E-state index in [0.717, 1.165) is 17.6 Å². The van der Waals surface area contributed by atoms with Crippen molar-refractivity contribution in [2.24, 2.45) is 17.6 Å². The minimum Gasteiger partial charge on any atom is -0.330 e. The highest BCUT2D eigenvalue weighted by molar-refractivity contribution is 9.10. The predicted octanol–water partition coefficient (Wildman–Crippen LogP) is 3.33. The third-order valence-corrected chi connectivity index (χ3v) is 3.77. The third kappa shape index (κ3) is 4.78. The molecule has 0 saturated carbocycles. The lowest BCUT2D eigenvalue weighted by molar-refractivity contribution is 0.356. The highest BCUT2D eigenvalue weighted by atomic mass is 79.9. The number of nitrogens with one attached hydrogen (secondary N) is 1. The first kappa shape index (κ1) is 14.7. The zero-order chi connectivity index (χ0) is 12.8. The first-order chi connectivity index (χ1) is 8.04. The van der Waals surface area contributed by atoms with Gasteiger partial charge in [0.15, 0.2) is 0 Å². The molecule has 0 radical (unpaired) electrons. The minimum absolute atomic E-state index is 0.361. The van der Waals surface area contributed by atoms with Gasteiger partial charge in [0.2, 0.25) is 0 Å². The van der Waals surface area contributed by atoms with E-state index in [2.05, 4.69) is 60.2 Å². The van der Waals surface area contributed by atoms with Gasteiger partial charge in [-0.3, -0.25) is 0 Å². The Morgan fingerprint density at radius 2 is 2.00 bits per heavy atom. The van der Waals surface area contributed by atoms with Crippen molar-refractivity contribution in [1.82, 2.24) is 5.32 Å². The summed E-state index contributed by atoms with van der Waals surface area (Å²) in [4.78, 5) is 0. The zero-order valence-electron chi connectivity index (χ0n) is 10.9. The van der Waals surface area contributed by atoms with Gasteiger partial charge < -0.3 is 11.1 Å². The van der Waals surface area contributed by atoms with Crippen molar-refractivity contribution in [2.45, 2.75) is 26.8 Å². The summed E-state index contributed by atoms with van der Waals surface area (Å²) in [7, 11) is 0. The Hall–Kier alpha value is -0.380. The average molecular weight is 299 g/mol. The van der Waals surface area contributed by atoms with Crippen LogP contribution in [0.25, 0.3) is 0 Å². The molecule has 0 aliphatic carbocycles. The van der Waals surface area contributed by atoms with Crippen molar-refractivity contribution in [3.63, 3.8) is 0 Å². The Morgan fingerprint density at radius 1 is 1.29 bits per heavy atom. The molecular weight excluding hydrogens is 276 g/mol. The van der Waals surface area contributed by atoms with Gasteiger partial charge in [-0.05, 0) is 49.5 Å². The van der Waals surface area contributed by atoms with Crippen LogP contribution < -0.4 is 11.1 Å². The van der Waals surface area contributed by atoms with Crippen molar-refractivity contribution >= 4 is 15.9 Å². The second-order valence-corrected chi connectivity index (χ2v) is 5.84. The molecule has 3 heteroatoms. The van der Waals surface area contributed by atoms with E-state index >= 15 is 0 Å². The van der Waals surface area contributed by atoms with Gasteiger partial charge in [-0.25, -0.2) is 0 Å². The molecule has 0 saturated heterocycles. The Kier molecular flexibility index (Phi) is 6.17. The summed E-state index contributed by atoms with van der Waals surface area (Å²) in [6.45, 7) is 8.36. The van der Waals surface area contributed by atoms with E-state index < -0.39 is 0 Å². The molecular formula is C14H23BrN2. The fraction of sp³-hybridized carbons (Fsp3) is 0.571. The van der Waals surface area contributed by atoms with Crippen LogP contribution >= 0.6 is 15.9 Å². The van der Waals surface area contributed by atoms with Gasteiger partial charge in [0.25, 0.3) is 0 Å². The van der Waals surface area contributed by atoms with Crippen LogP contribution in [0.15, 0.2) is 28.7 Å². The monoisotopic (exact) mass is 298 g/mol. The molecule has 1 aromatic carbocycles. The van der Waals surface area contributed by atoms with Gasteiger partial charge in [0, 0.05) is 10.5 Å². The van der Waals surface area contributed by atoms with Crippen LogP contribution in [0, 0.1) is 11.8 Å². The van der Waals surface area contributed by atoms with E-state index in [-0.39, 0.29) is 0 Å². The lowest BCUT2D eigenvalue weighted by Crippen LogP contribution is -2.33. The molecule has 1 rings (SSSR count). The summed E-state index contributed by atoms with van der Waals surface area (Å²) < 4.78 is 1.13. The van der Waals surface area contributed by atoms with Crippen molar-refractivity contribution in [2.75, 3.05) is 13.1 Å². The lowest BCUT2D eigenvalue weighted by atomic mass is 9.95.